The molecule has 0 aromatic heterocycles. The quantitative estimate of drug-likeness (QED) is 0.581. The van der Waals surface area contributed by atoms with Crippen molar-refractivity contribution in [2.45, 2.75) is 33.8 Å². The SMILES string of the molecule is CCN(CC)c1ccc(/C=N/NC(=O)[C@H](C)Oc2ccc(C)cc2)cc1. The summed E-state index contributed by atoms with van der Waals surface area (Å²) in [5.74, 6) is 0.371. The molecule has 26 heavy (non-hydrogen) atoms. The molecule has 2 rings (SSSR count). The first-order valence-electron chi connectivity index (χ1n) is 8.94. The normalized spacial score (nSPS) is 12.0. The van der Waals surface area contributed by atoms with Gasteiger partial charge < -0.3 is 9.64 Å². The number of hydrazone groups is 1. The molecule has 5 heteroatoms. The predicted molar refractivity (Wildman–Crippen MR) is 107 cm³/mol. The summed E-state index contributed by atoms with van der Waals surface area (Å²) in [6.45, 7) is 9.91. The van der Waals surface area contributed by atoms with E-state index in [4.69, 9.17) is 4.74 Å². The van der Waals surface area contributed by atoms with Gasteiger partial charge in [0.25, 0.3) is 5.91 Å². The van der Waals surface area contributed by atoms with E-state index in [0.717, 1.165) is 24.2 Å². The number of amides is 1. The average molecular weight is 353 g/mol. The first kappa shape index (κ1) is 19.5. The molecular formula is C21H27N3O2. The number of benzene rings is 2. The van der Waals surface area contributed by atoms with Gasteiger partial charge in [-0.05, 0) is 57.5 Å². The number of ether oxygens (including phenoxy) is 1. The van der Waals surface area contributed by atoms with Crippen molar-refractivity contribution in [3.8, 4) is 5.75 Å². The van der Waals surface area contributed by atoms with Crippen LogP contribution >= 0.6 is 0 Å². The summed E-state index contributed by atoms with van der Waals surface area (Å²) in [6, 6.07) is 15.7. The van der Waals surface area contributed by atoms with E-state index in [9.17, 15) is 4.79 Å². The zero-order valence-corrected chi connectivity index (χ0v) is 15.9. The van der Waals surface area contributed by atoms with Crippen molar-refractivity contribution in [3.63, 3.8) is 0 Å². The molecule has 0 saturated carbocycles. The van der Waals surface area contributed by atoms with Crippen LogP contribution in [0.1, 0.15) is 31.9 Å². The summed E-state index contributed by atoms with van der Waals surface area (Å²) in [5.41, 5.74) is 5.76. The van der Waals surface area contributed by atoms with Gasteiger partial charge in [0.2, 0.25) is 0 Å². The number of nitrogens with one attached hydrogen (secondary N) is 1. The van der Waals surface area contributed by atoms with Crippen molar-refractivity contribution >= 4 is 17.8 Å². The summed E-state index contributed by atoms with van der Waals surface area (Å²) < 4.78 is 5.61. The third-order valence-corrected chi connectivity index (χ3v) is 4.11. The van der Waals surface area contributed by atoms with Crippen LogP contribution in [-0.2, 0) is 4.79 Å². The number of nitrogens with zero attached hydrogens (tertiary/aromatic N) is 2. The topological polar surface area (TPSA) is 53.9 Å². The molecule has 0 heterocycles. The van der Waals surface area contributed by atoms with Gasteiger partial charge in [-0.25, -0.2) is 5.43 Å². The lowest BCUT2D eigenvalue weighted by atomic mass is 10.2. The third-order valence-electron chi connectivity index (χ3n) is 4.11. The summed E-state index contributed by atoms with van der Waals surface area (Å²) >= 11 is 0. The zero-order valence-electron chi connectivity index (χ0n) is 15.9. The number of hydrogen-bond acceptors (Lipinski definition) is 4. The number of rotatable bonds is 8. The van der Waals surface area contributed by atoms with Gasteiger partial charge in [-0.1, -0.05) is 29.8 Å². The maximum atomic E-state index is 12.1. The van der Waals surface area contributed by atoms with Crippen LogP contribution in [-0.4, -0.2) is 31.3 Å². The molecule has 1 N–H and O–H groups in total. The fourth-order valence-corrected chi connectivity index (χ4v) is 2.50. The summed E-state index contributed by atoms with van der Waals surface area (Å²) in [4.78, 5) is 14.3. The molecule has 0 saturated heterocycles. The average Bonchev–Trinajstić information content (AvgIpc) is 2.65. The Hall–Kier alpha value is -2.82. The van der Waals surface area contributed by atoms with Gasteiger partial charge in [-0.3, -0.25) is 4.79 Å². The predicted octanol–water partition coefficient (Wildman–Crippen LogP) is 3.76. The highest BCUT2D eigenvalue weighted by Crippen LogP contribution is 2.14. The van der Waals surface area contributed by atoms with Crippen LogP contribution in [0, 0.1) is 6.92 Å². The Balaban J connectivity index is 1.86. The molecule has 0 aliphatic rings. The van der Waals surface area contributed by atoms with E-state index < -0.39 is 6.10 Å². The Morgan fingerprint density at radius 2 is 1.73 bits per heavy atom. The van der Waals surface area contributed by atoms with Crippen LogP contribution in [0.2, 0.25) is 0 Å². The Bertz CT molecular complexity index is 720. The Morgan fingerprint density at radius 1 is 1.12 bits per heavy atom. The second-order valence-corrected chi connectivity index (χ2v) is 6.07. The smallest absolute Gasteiger partial charge is 0.280 e. The van der Waals surface area contributed by atoms with Gasteiger partial charge in [-0.2, -0.15) is 5.10 Å². The van der Waals surface area contributed by atoms with E-state index in [-0.39, 0.29) is 5.91 Å². The molecule has 0 radical (unpaired) electrons. The molecule has 1 amide bonds. The highest BCUT2D eigenvalue weighted by atomic mass is 16.5. The first-order chi connectivity index (χ1) is 12.5. The lowest BCUT2D eigenvalue weighted by Gasteiger charge is -2.20. The van der Waals surface area contributed by atoms with E-state index >= 15 is 0 Å². The monoisotopic (exact) mass is 353 g/mol. The molecule has 0 fully saturated rings. The first-order valence-corrected chi connectivity index (χ1v) is 8.94. The standard InChI is InChI=1S/C21H27N3O2/c1-5-24(6-2)19-11-9-18(10-12-19)15-22-23-21(25)17(4)26-20-13-7-16(3)8-14-20/h7-15,17H,5-6H2,1-4H3,(H,23,25)/b22-15+/t17-/m0/s1. The van der Waals surface area contributed by atoms with Gasteiger partial charge in [0.15, 0.2) is 6.10 Å². The van der Waals surface area contributed by atoms with Gasteiger partial charge in [0, 0.05) is 18.8 Å². The van der Waals surface area contributed by atoms with Crippen molar-refractivity contribution < 1.29 is 9.53 Å². The number of aryl methyl sites for hydroxylation is 1. The Labute approximate surface area is 155 Å². The van der Waals surface area contributed by atoms with Crippen molar-refractivity contribution in [3.05, 3.63) is 59.7 Å². The minimum absolute atomic E-state index is 0.290. The molecule has 138 valence electrons. The molecule has 0 spiro atoms. The maximum Gasteiger partial charge on any atom is 0.280 e. The van der Waals surface area contributed by atoms with Gasteiger partial charge >= 0.3 is 0 Å². The van der Waals surface area contributed by atoms with Crippen LogP contribution < -0.4 is 15.1 Å². The fourth-order valence-electron chi connectivity index (χ4n) is 2.50. The summed E-state index contributed by atoms with van der Waals surface area (Å²) in [7, 11) is 0. The fraction of sp³-hybridized carbons (Fsp3) is 0.333. The van der Waals surface area contributed by atoms with E-state index in [1.807, 2.05) is 43.3 Å². The van der Waals surface area contributed by atoms with Crippen LogP contribution in [0.15, 0.2) is 53.6 Å². The third kappa shape index (κ3) is 5.62. The molecule has 0 aliphatic heterocycles. The molecular weight excluding hydrogens is 326 g/mol. The van der Waals surface area contributed by atoms with Gasteiger partial charge in [0.05, 0.1) is 6.21 Å². The summed E-state index contributed by atoms with van der Waals surface area (Å²) in [6.07, 6.45) is 1.00. The lowest BCUT2D eigenvalue weighted by Crippen LogP contribution is -2.33. The highest BCUT2D eigenvalue weighted by Gasteiger charge is 2.13. The second kappa shape index (κ2) is 9.61. The van der Waals surface area contributed by atoms with Crippen molar-refractivity contribution in [2.24, 2.45) is 5.10 Å². The van der Waals surface area contributed by atoms with Crippen LogP contribution in [0.4, 0.5) is 5.69 Å². The Kier molecular flexibility index (Phi) is 7.21. The van der Waals surface area contributed by atoms with Gasteiger partial charge in [0.1, 0.15) is 5.75 Å². The lowest BCUT2D eigenvalue weighted by molar-refractivity contribution is -0.127. The van der Waals surface area contributed by atoms with Gasteiger partial charge in [-0.15, -0.1) is 0 Å². The minimum Gasteiger partial charge on any atom is -0.481 e. The molecule has 0 aliphatic carbocycles. The van der Waals surface area contributed by atoms with Crippen LogP contribution in [0.3, 0.4) is 0 Å². The maximum absolute atomic E-state index is 12.1. The van der Waals surface area contributed by atoms with Crippen molar-refractivity contribution in [1.29, 1.82) is 0 Å². The van der Waals surface area contributed by atoms with Crippen molar-refractivity contribution in [1.82, 2.24) is 5.43 Å². The Morgan fingerprint density at radius 3 is 2.31 bits per heavy atom. The minimum atomic E-state index is -0.625. The molecule has 0 unspecified atom stereocenters. The molecule has 5 nitrogen and oxygen atoms in total. The van der Waals surface area contributed by atoms with Crippen molar-refractivity contribution in [2.75, 3.05) is 18.0 Å². The zero-order chi connectivity index (χ0) is 18.9. The molecule has 0 bridgehead atoms. The number of carbonyl (C=O) groups excluding carboxylic acids is 1. The largest absolute Gasteiger partial charge is 0.481 e. The van der Waals surface area contributed by atoms with E-state index in [0.29, 0.717) is 5.75 Å². The number of anilines is 1. The van der Waals surface area contributed by atoms with Crippen LogP contribution in [0.5, 0.6) is 5.75 Å². The highest BCUT2D eigenvalue weighted by molar-refractivity contribution is 5.84. The number of hydrogen-bond donors (Lipinski definition) is 1. The molecule has 1 atom stereocenters. The van der Waals surface area contributed by atoms with E-state index in [1.165, 1.54) is 5.69 Å². The molecule has 2 aromatic rings. The van der Waals surface area contributed by atoms with Crippen LogP contribution in [0.25, 0.3) is 0 Å². The van der Waals surface area contributed by atoms with E-state index in [2.05, 4.69) is 41.4 Å². The number of carbonyl (C=O) groups is 1. The molecule has 2 aromatic carbocycles. The van der Waals surface area contributed by atoms with E-state index in [1.54, 1.807) is 13.1 Å². The summed E-state index contributed by atoms with van der Waals surface area (Å²) in [5, 5.41) is 4.02. The second-order valence-electron chi connectivity index (χ2n) is 6.07.